The molecule has 0 aliphatic rings. The summed E-state index contributed by atoms with van der Waals surface area (Å²) in [6.45, 7) is 2.02. The number of fused-ring (bicyclic) bond motifs is 1. The van der Waals surface area contributed by atoms with Crippen molar-refractivity contribution in [1.29, 1.82) is 0 Å². The molecule has 0 fully saturated rings. The molecule has 90 valence electrons. The second-order valence-corrected chi connectivity index (χ2v) is 5.50. The molecular weight excluding hydrogens is 337 g/mol. The first kappa shape index (κ1) is 11.6. The van der Waals surface area contributed by atoms with E-state index in [0.717, 1.165) is 22.2 Å². The number of halogens is 1. The van der Waals surface area contributed by atoms with Crippen LogP contribution in [0.15, 0.2) is 36.7 Å². The smallest absolute Gasteiger partial charge is 0.0679 e. The molecule has 0 unspecified atom stereocenters. The molecule has 0 N–H and O–H groups in total. The molecule has 4 heteroatoms. The van der Waals surface area contributed by atoms with Crippen LogP contribution in [0.5, 0.6) is 0 Å². The van der Waals surface area contributed by atoms with Gasteiger partial charge in [-0.1, -0.05) is 6.07 Å². The third-order valence-corrected chi connectivity index (χ3v) is 4.20. The van der Waals surface area contributed by atoms with Gasteiger partial charge in [0.1, 0.15) is 0 Å². The summed E-state index contributed by atoms with van der Waals surface area (Å²) in [5, 5.41) is 5.42. The molecule has 0 bridgehead atoms. The number of hydrogen-bond donors (Lipinski definition) is 0. The lowest BCUT2D eigenvalue weighted by Crippen LogP contribution is -1.89. The van der Waals surface area contributed by atoms with Gasteiger partial charge in [-0.2, -0.15) is 5.10 Å². The number of benzene rings is 1. The first-order valence-electron chi connectivity index (χ1n) is 5.69. The summed E-state index contributed by atoms with van der Waals surface area (Å²) < 4.78 is 3.08. The van der Waals surface area contributed by atoms with Crippen molar-refractivity contribution in [3.63, 3.8) is 0 Å². The topological polar surface area (TPSA) is 30.7 Å². The predicted octanol–water partition coefficient (Wildman–Crippen LogP) is 3.55. The fraction of sp³-hybridized carbons (Fsp3) is 0.143. The number of hydrogen-bond acceptors (Lipinski definition) is 2. The highest BCUT2D eigenvalue weighted by atomic mass is 127. The summed E-state index contributed by atoms with van der Waals surface area (Å²) in [5.74, 6) is 0. The maximum absolute atomic E-state index is 4.41. The highest BCUT2D eigenvalue weighted by Gasteiger charge is 2.05. The van der Waals surface area contributed by atoms with E-state index in [-0.39, 0.29) is 0 Å². The summed E-state index contributed by atoms with van der Waals surface area (Å²) in [5.41, 5.74) is 4.55. The van der Waals surface area contributed by atoms with Crippen LogP contribution in [0.3, 0.4) is 0 Å². The van der Waals surface area contributed by atoms with Gasteiger partial charge in [0, 0.05) is 27.8 Å². The van der Waals surface area contributed by atoms with Gasteiger partial charge in [0.05, 0.1) is 17.4 Å². The predicted molar refractivity (Wildman–Crippen MR) is 81.4 cm³/mol. The molecule has 3 nitrogen and oxygen atoms in total. The second kappa shape index (κ2) is 4.35. The molecule has 18 heavy (non-hydrogen) atoms. The molecule has 2 heterocycles. The molecule has 0 amide bonds. The third kappa shape index (κ3) is 1.90. The number of rotatable bonds is 1. The number of aromatic nitrogens is 3. The molecule has 3 rings (SSSR count). The quantitative estimate of drug-likeness (QED) is 0.629. The van der Waals surface area contributed by atoms with E-state index in [1.807, 2.05) is 31.0 Å². The Balaban J connectivity index is 2.16. The van der Waals surface area contributed by atoms with Gasteiger partial charge in [-0.15, -0.1) is 0 Å². The first-order valence-corrected chi connectivity index (χ1v) is 6.77. The Morgan fingerprint density at radius 2 is 1.94 bits per heavy atom. The van der Waals surface area contributed by atoms with E-state index in [1.165, 1.54) is 9.13 Å². The van der Waals surface area contributed by atoms with Crippen LogP contribution in [-0.4, -0.2) is 14.8 Å². The van der Waals surface area contributed by atoms with Gasteiger partial charge in [-0.3, -0.25) is 9.67 Å². The Morgan fingerprint density at radius 3 is 2.72 bits per heavy atom. The van der Waals surface area contributed by atoms with Crippen molar-refractivity contribution < 1.29 is 0 Å². The molecular formula is C14H12IN3. The zero-order valence-corrected chi connectivity index (χ0v) is 12.3. The van der Waals surface area contributed by atoms with Crippen LogP contribution < -0.4 is 0 Å². The Hall–Kier alpha value is -1.43. The van der Waals surface area contributed by atoms with Crippen molar-refractivity contribution in [3.05, 3.63) is 45.9 Å². The number of nitrogens with zero attached hydrogens (tertiary/aromatic N) is 3. The van der Waals surface area contributed by atoms with Crippen molar-refractivity contribution in [3.8, 4) is 11.1 Å². The SMILES string of the molecule is Cc1ncc(-c2ccc3c(cnn3C)c2)cc1I. The van der Waals surface area contributed by atoms with Crippen molar-refractivity contribution >= 4 is 33.5 Å². The van der Waals surface area contributed by atoms with E-state index in [0.29, 0.717) is 0 Å². The third-order valence-electron chi connectivity index (χ3n) is 3.10. The van der Waals surface area contributed by atoms with E-state index >= 15 is 0 Å². The average molecular weight is 349 g/mol. The molecule has 0 spiro atoms. The van der Waals surface area contributed by atoms with Crippen LogP contribution in [0.4, 0.5) is 0 Å². The van der Waals surface area contributed by atoms with E-state index in [4.69, 9.17) is 0 Å². The van der Waals surface area contributed by atoms with Crippen LogP contribution in [-0.2, 0) is 7.05 Å². The number of aryl methyl sites for hydroxylation is 2. The van der Waals surface area contributed by atoms with Crippen LogP contribution in [0.2, 0.25) is 0 Å². The minimum atomic E-state index is 1.07. The minimum absolute atomic E-state index is 1.07. The van der Waals surface area contributed by atoms with Gasteiger partial charge in [-0.25, -0.2) is 0 Å². The van der Waals surface area contributed by atoms with Gasteiger partial charge in [0.15, 0.2) is 0 Å². The lowest BCUT2D eigenvalue weighted by Gasteiger charge is -2.04. The highest BCUT2D eigenvalue weighted by molar-refractivity contribution is 14.1. The maximum atomic E-state index is 4.41. The molecule has 2 aromatic heterocycles. The van der Waals surface area contributed by atoms with Crippen molar-refractivity contribution in [2.24, 2.45) is 7.05 Å². The molecule has 3 aromatic rings. The Labute approximate surface area is 119 Å². The average Bonchev–Trinajstić information content (AvgIpc) is 2.74. The fourth-order valence-corrected chi connectivity index (χ4v) is 2.48. The fourth-order valence-electron chi connectivity index (χ4n) is 2.01. The van der Waals surface area contributed by atoms with E-state index in [2.05, 4.69) is 56.9 Å². The van der Waals surface area contributed by atoms with Gasteiger partial charge in [0.2, 0.25) is 0 Å². The van der Waals surface area contributed by atoms with Crippen LogP contribution in [0.1, 0.15) is 5.69 Å². The maximum Gasteiger partial charge on any atom is 0.0679 e. The van der Waals surface area contributed by atoms with E-state index in [9.17, 15) is 0 Å². The van der Waals surface area contributed by atoms with Gasteiger partial charge in [0.25, 0.3) is 0 Å². The Bertz CT molecular complexity index is 731. The zero-order valence-electron chi connectivity index (χ0n) is 10.2. The van der Waals surface area contributed by atoms with Gasteiger partial charge in [-0.05, 0) is 53.3 Å². The van der Waals surface area contributed by atoms with Crippen LogP contribution >= 0.6 is 22.6 Å². The Kier molecular flexibility index (Phi) is 2.81. The van der Waals surface area contributed by atoms with Gasteiger partial charge < -0.3 is 0 Å². The standard InChI is InChI=1S/C14H12IN3/c1-9-13(15)6-11(7-16-9)10-3-4-14-12(5-10)8-17-18(14)2/h3-8H,1-2H3. The molecule has 0 saturated heterocycles. The van der Waals surface area contributed by atoms with Crippen molar-refractivity contribution in [1.82, 2.24) is 14.8 Å². The molecule has 0 aliphatic carbocycles. The lowest BCUT2D eigenvalue weighted by atomic mass is 10.1. The largest absolute Gasteiger partial charge is 0.268 e. The van der Waals surface area contributed by atoms with Gasteiger partial charge >= 0.3 is 0 Å². The molecule has 0 aliphatic heterocycles. The molecule has 1 aromatic carbocycles. The van der Waals surface area contributed by atoms with Crippen LogP contribution in [0.25, 0.3) is 22.0 Å². The first-order chi connectivity index (χ1) is 8.65. The summed E-state index contributed by atoms with van der Waals surface area (Å²) in [7, 11) is 1.96. The molecule has 0 saturated carbocycles. The second-order valence-electron chi connectivity index (χ2n) is 4.33. The van der Waals surface area contributed by atoms with Crippen molar-refractivity contribution in [2.45, 2.75) is 6.92 Å². The molecule has 0 radical (unpaired) electrons. The minimum Gasteiger partial charge on any atom is -0.268 e. The van der Waals surface area contributed by atoms with Crippen LogP contribution in [0, 0.1) is 10.5 Å². The summed E-state index contributed by atoms with van der Waals surface area (Å²) in [6.07, 6.45) is 3.82. The highest BCUT2D eigenvalue weighted by Crippen LogP contribution is 2.25. The molecule has 0 atom stereocenters. The lowest BCUT2D eigenvalue weighted by molar-refractivity contribution is 0.797. The number of pyridine rings is 1. The summed E-state index contributed by atoms with van der Waals surface area (Å²) in [6, 6.07) is 8.54. The van der Waals surface area contributed by atoms with E-state index < -0.39 is 0 Å². The Morgan fingerprint density at radius 1 is 1.11 bits per heavy atom. The normalized spacial score (nSPS) is 11.1. The zero-order chi connectivity index (χ0) is 12.7. The van der Waals surface area contributed by atoms with E-state index in [1.54, 1.807) is 0 Å². The van der Waals surface area contributed by atoms with Crippen molar-refractivity contribution in [2.75, 3.05) is 0 Å². The summed E-state index contributed by atoms with van der Waals surface area (Å²) >= 11 is 2.32. The monoisotopic (exact) mass is 349 g/mol. The summed E-state index contributed by atoms with van der Waals surface area (Å²) in [4.78, 5) is 4.41.